The van der Waals surface area contributed by atoms with E-state index in [1.807, 2.05) is 0 Å². The number of hydrogen-bond acceptors (Lipinski definition) is 10. The van der Waals surface area contributed by atoms with E-state index in [9.17, 15) is 34.8 Å². The van der Waals surface area contributed by atoms with Gasteiger partial charge >= 0.3 is 0 Å². The number of benzene rings is 2. The number of hydrogen-bond donors (Lipinski definition) is 10. The molecule has 5 atom stereocenters. The highest BCUT2D eigenvalue weighted by atomic mass is 16.3. The molecule has 0 spiro atoms. The monoisotopic (exact) mass is 545 g/mol. The summed E-state index contributed by atoms with van der Waals surface area (Å²) in [4.78, 5) is 39.3. The van der Waals surface area contributed by atoms with Gasteiger partial charge in [0, 0.05) is 32.4 Å². The first kappa shape index (κ1) is 29.8. The molecular formula is C26H35N5O8. The second kappa shape index (κ2) is 13.4. The number of aliphatic hydroxyl groups is 3. The van der Waals surface area contributed by atoms with Crippen molar-refractivity contribution in [2.45, 2.75) is 49.6 Å². The minimum atomic E-state index is -1.33. The Labute approximate surface area is 224 Å². The van der Waals surface area contributed by atoms with Crippen LogP contribution >= 0.6 is 0 Å². The summed E-state index contributed by atoms with van der Waals surface area (Å²) >= 11 is 0. The summed E-state index contributed by atoms with van der Waals surface area (Å²) < 4.78 is 0. The fraction of sp³-hybridized carbons (Fsp3) is 0.423. The lowest BCUT2D eigenvalue weighted by atomic mass is 9.95. The second-order valence-corrected chi connectivity index (χ2v) is 9.53. The molecule has 12 N–H and O–H groups in total. The van der Waals surface area contributed by atoms with Crippen LogP contribution in [0.3, 0.4) is 0 Å². The number of nitrogens with two attached hydrogens (primary N) is 2. The van der Waals surface area contributed by atoms with Crippen molar-refractivity contribution in [2.75, 3.05) is 19.7 Å². The summed E-state index contributed by atoms with van der Waals surface area (Å²) in [5.74, 6) is -2.50. The Hall–Kier alpha value is -3.75. The highest BCUT2D eigenvalue weighted by Gasteiger charge is 2.31. The van der Waals surface area contributed by atoms with E-state index in [1.165, 1.54) is 12.1 Å². The van der Waals surface area contributed by atoms with Gasteiger partial charge in [0.25, 0.3) is 0 Å². The van der Waals surface area contributed by atoms with Crippen molar-refractivity contribution >= 4 is 17.7 Å². The van der Waals surface area contributed by atoms with Gasteiger partial charge in [0.2, 0.25) is 17.7 Å². The molecule has 1 heterocycles. The van der Waals surface area contributed by atoms with Crippen molar-refractivity contribution in [3.63, 3.8) is 0 Å². The first-order chi connectivity index (χ1) is 18.5. The quantitative estimate of drug-likeness (QED) is 0.173. The highest BCUT2D eigenvalue weighted by Crippen LogP contribution is 2.30. The van der Waals surface area contributed by atoms with Crippen LogP contribution in [0.2, 0.25) is 0 Å². The van der Waals surface area contributed by atoms with E-state index in [2.05, 4.69) is 16.0 Å². The van der Waals surface area contributed by atoms with Gasteiger partial charge in [-0.1, -0.05) is 12.1 Å². The Morgan fingerprint density at radius 2 is 1.54 bits per heavy atom. The Morgan fingerprint density at radius 3 is 2.10 bits per heavy atom. The van der Waals surface area contributed by atoms with E-state index in [1.54, 1.807) is 24.3 Å². The molecule has 13 heteroatoms. The standard InChI is InChI=1S/C26H35N5O8/c27-10-17(33)9-21-26(39)31-20(25(38)29-11-18(34)12-32)8-16-6-14(2-4-23(16)36)13-1-3-22(35)15(5-13)7-19(28)24(37)30-21/h1-6,17-21,32-36H,7-12,27-28H2,(H,29,38)(H,30,37)(H,31,39)/t17-,18?,19+,20+,21+/m1/s1. The van der Waals surface area contributed by atoms with E-state index in [0.29, 0.717) is 22.3 Å². The molecule has 3 amide bonds. The largest absolute Gasteiger partial charge is 0.508 e. The molecular weight excluding hydrogens is 510 g/mol. The summed E-state index contributed by atoms with van der Waals surface area (Å²) in [5, 5.41) is 57.2. The number of aliphatic hydroxyl groups excluding tert-OH is 3. The molecule has 0 fully saturated rings. The minimum Gasteiger partial charge on any atom is -0.508 e. The van der Waals surface area contributed by atoms with Gasteiger partial charge < -0.3 is 53.0 Å². The number of carbonyl (C=O) groups excluding carboxylic acids is 3. The molecule has 2 aromatic rings. The lowest BCUT2D eigenvalue weighted by Crippen LogP contribution is -2.57. The SMILES string of the molecule is NC[C@H](O)C[C@@H]1NC(=O)[C@@H](N)Cc2cc(ccc2O)-c2ccc(O)c(c2)C[C@@H](C(=O)NCC(O)CO)NC1=O. The third-order valence-corrected chi connectivity index (χ3v) is 6.46. The van der Waals surface area contributed by atoms with Crippen molar-refractivity contribution in [3.8, 4) is 22.6 Å². The molecule has 4 bridgehead atoms. The Morgan fingerprint density at radius 1 is 0.949 bits per heavy atom. The zero-order chi connectivity index (χ0) is 28.7. The Balaban J connectivity index is 2.07. The summed E-state index contributed by atoms with van der Waals surface area (Å²) in [7, 11) is 0. The van der Waals surface area contributed by atoms with E-state index >= 15 is 0 Å². The van der Waals surface area contributed by atoms with Crippen molar-refractivity contribution in [2.24, 2.45) is 11.5 Å². The number of aromatic hydroxyl groups is 2. The maximum atomic E-state index is 13.3. The number of nitrogens with one attached hydrogen (secondary N) is 3. The molecule has 3 rings (SSSR count). The highest BCUT2D eigenvalue weighted by molar-refractivity contribution is 5.93. The average molecular weight is 546 g/mol. The van der Waals surface area contributed by atoms with Crippen LogP contribution in [-0.4, -0.2) is 93.3 Å². The van der Waals surface area contributed by atoms with Crippen LogP contribution in [0.15, 0.2) is 36.4 Å². The van der Waals surface area contributed by atoms with Crippen molar-refractivity contribution < 1.29 is 39.9 Å². The first-order valence-electron chi connectivity index (χ1n) is 12.5. The number of phenols is 2. The predicted octanol–water partition coefficient (Wildman–Crippen LogP) is -2.66. The van der Waals surface area contributed by atoms with Gasteiger partial charge in [0.1, 0.15) is 23.6 Å². The lowest BCUT2D eigenvalue weighted by Gasteiger charge is -2.26. The molecule has 0 radical (unpaired) electrons. The molecule has 13 nitrogen and oxygen atoms in total. The Bertz CT molecular complexity index is 1190. The van der Waals surface area contributed by atoms with E-state index in [0.717, 1.165) is 0 Å². The van der Waals surface area contributed by atoms with Crippen molar-refractivity contribution in [1.82, 2.24) is 16.0 Å². The molecule has 2 aromatic carbocycles. The van der Waals surface area contributed by atoms with Crippen LogP contribution in [0.4, 0.5) is 0 Å². The van der Waals surface area contributed by atoms with Crippen LogP contribution in [0.5, 0.6) is 11.5 Å². The van der Waals surface area contributed by atoms with Gasteiger partial charge in [-0.05, 0) is 46.5 Å². The van der Waals surface area contributed by atoms with Gasteiger partial charge in [-0.15, -0.1) is 0 Å². The van der Waals surface area contributed by atoms with Crippen molar-refractivity contribution in [1.29, 1.82) is 0 Å². The molecule has 1 aliphatic heterocycles. The molecule has 1 aliphatic rings. The molecule has 39 heavy (non-hydrogen) atoms. The molecule has 0 aromatic heterocycles. The number of carbonyl (C=O) groups is 3. The minimum absolute atomic E-state index is 0.0670. The smallest absolute Gasteiger partial charge is 0.243 e. The zero-order valence-electron chi connectivity index (χ0n) is 21.2. The molecule has 0 saturated carbocycles. The van der Waals surface area contributed by atoms with Gasteiger partial charge in [-0.3, -0.25) is 14.4 Å². The van der Waals surface area contributed by atoms with E-state index in [4.69, 9.17) is 16.6 Å². The average Bonchev–Trinajstić information content (AvgIpc) is 2.92. The number of rotatable bonds is 7. The maximum Gasteiger partial charge on any atom is 0.243 e. The van der Waals surface area contributed by atoms with E-state index in [-0.39, 0.29) is 43.9 Å². The third kappa shape index (κ3) is 7.88. The maximum absolute atomic E-state index is 13.3. The van der Waals surface area contributed by atoms with Crippen LogP contribution in [-0.2, 0) is 27.2 Å². The number of amides is 3. The third-order valence-electron chi connectivity index (χ3n) is 6.46. The molecule has 0 aliphatic carbocycles. The molecule has 212 valence electrons. The van der Waals surface area contributed by atoms with Gasteiger partial charge in [0.05, 0.1) is 24.9 Å². The number of fused-ring (bicyclic) bond motifs is 5. The van der Waals surface area contributed by atoms with Gasteiger partial charge in [0.15, 0.2) is 0 Å². The summed E-state index contributed by atoms with van der Waals surface area (Å²) in [6.07, 6.45) is -2.92. The van der Waals surface area contributed by atoms with Gasteiger partial charge in [-0.2, -0.15) is 0 Å². The summed E-state index contributed by atoms with van der Waals surface area (Å²) in [5.41, 5.74) is 13.6. The normalized spacial score (nSPS) is 21.5. The van der Waals surface area contributed by atoms with E-state index < -0.39 is 54.7 Å². The first-order valence-corrected chi connectivity index (χ1v) is 12.5. The van der Waals surface area contributed by atoms with Crippen LogP contribution in [0, 0.1) is 0 Å². The van der Waals surface area contributed by atoms with Crippen LogP contribution in [0.1, 0.15) is 17.5 Å². The molecule has 0 saturated heterocycles. The predicted molar refractivity (Wildman–Crippen MR) is 140 cm³/mol. The zero-order valence-corrected chi connectivity index (χ0v) is 21.2. The second-order valence-electron chi connectivity index (χ2n) is 9.53. The topological polar surface area (TPSA) is 240 Å². The lowest BCUT2D eigenvalue weighted by molar-refractivity contribution is -0.133. The summed E-state index contributed by atoms with van der Waals surface area (Å²) in [6, 6.07) is 5.65. The fourth-order valence-electron chi connectivity index (χ4n) is 4.17. The van der Waals surface area contributed by atoms with Gasteiger partial charge in [-0.25, -0.2) is 0 Å². The summed E-state index contributed by atoms with van der Waals surface area (Å²) in [6.45, 7) is -1.10. The Kier molecular flexibility index (Phi) is 10.2. The number of phenolic OH excluding ortho intramolecular Hbond substituents is 2. The van der Waals surface area contributed by atoms with Crippen molar-refractivity contribution in [3.05, 3.63) is 47.5 Å². The van der Waals surface area contributed by atoms with Crippen LogP contribution in [0.25, 0.3) is 11.1 Å². The van der Waals surface area contributed by atoms with Crippen LogP contribution < -0.4 is 27.4 Å². The molecule has 1 unspecified atom stereocenters. The fourth-order valence-corrected chi connectivity index (χ4v) is 4.17.